The van der Waals surface area contributed by atoms with Crippen molar-refractivity contribution in [3.8, 4) is 0 Å². The third-order valence-electron chi connectivity index (χ3n) is 2.58. The van der Waals surface area contributed by atoms with Gasteiger partial charge in [-0.25, -0.2) is 4.39 Å². The third-order valence-corrected chi connectivity index (χ3v) is 3.75. The molecule has 1 N–H and O–H groups in total. The van der Waals surface area contributed by atoms with E-state index in [1.54, 1.807) is 12.1 Å². The number of hydrogen-bond acceptors (Lipinski definition) is 4. The first-order chi connectivity index (χ1) is 9.51. The zero-order valence-corrected chi connectivity index (χ0v) is 12.3. The van der Waals surface area contributed by atoms with Crippen molar-refractivity contribution < 1.29 is 18.7 Å². The zero-order valence-electron chi connectivity index (χ0n) is 11.5. The van der Waals surface area contributed by atoms with E-state index in [4.69, 9.17) is 0 Å². The van der Waals surface area contributed by atoms with Crippen LogP contribution in [0.25, 0.3) is 0 Å². The fourth-order valence-corrected chi connectivity index (χ4v) is 2.24. The van der Waals surface area contributed by atoms with Gasteiger partial charge in [-0.2, -0.15) is 0 Å². The monoisotopic (exact) mass is 299 g/mol. The molecule has 0 radical (unpaired) electrons. The third kappa shape index (κ3) is 6.56. The van der Waals surface area contributed by atoms with Gasteiger partial charge in [-0.1, -0.05) is 19.1 Å². The maximum Gasteiger partial charge on any atom is 0.306 e. The maximum atomic E-state index is 12.7. The lowest BCUT2D eigenvalue weighted by Gasteiger charge is -2.10. The van der Waals surface area contributed by atoms with Crippen LogP contribution in [0, 0.1) is 5.82 Å². The Bertz CT molecular complexity index is 450. The minimum absolute atomic E-state index is 0.0269. The van der Waals surface area contributed by atoms with E-state index in [0.717, 1.165) is 5.56 Å². The second-order valence-corrected chi connectivity index (χ2v) is 5.73. The normalized spacial score (nSPS) is 11.8. The van der Waals surface area contributed by atoms with Gasteiger partial charge in [-0.3, -0.25) is 9.59 Å². The van der Waals surface area contributed by atoms with Crippen LogP contribution in [0.2, 0.25) is 0 Å². The lowest BCUT2D eigenvalue weighted by molar-refractivity contribution is -0.140. The van der Waals surface area contributed by atoms with Crippen molar-refractivity contribution in [1.82, 2.24) is 5.32 Å². The van der Waals surface area contributed by atoms with Crippen molar-refractivity contribution in [2.45, 2.75) is 25.1 Å². The van der Waals surface area contributed by atoms with Crippen LogP contribution in [0.5, 0.6) is 0 Å². The molecule has 0 aliphatic heterocycles. The molecule has 4 nitrogen and oxygen atoms in total. The SMILES string of the molecule is COC(=O)CC(C)SCC(=O)NCc1ccc(F)cc1. The molecule has 0 aromatic heterocycles. The zero-order chi connectivity index (χ0) is 15.0. The first-order valence-electron chi connectivity index (χ1n) is 6.21. The summed E-state index contributed by atoms with van der Waals surface area (Å²) < 4.78 is 17.3. The van der Waals surface area contributed by atoms with E-state index in [1.807, 2.05) is 6.92 Å². The fourth-order valence-electron chi connectivity index (χ4n) is 1.45. The number of ether oxygens (including phenoxy) is 1. The Hall–Kier alpha value is -1.56. The summed E-state index contributed by atoms with van der Waals surface area (Å²) in [4.78, 5) is 22.7. The molecule has 110 valence electrons. The summed E-state index contributed by atoms with van der Waals surface area (Å²) in [5.74, 6) is -0.417. The van der Waals surface area contributed by atoms with Crippen LogP contribution in [-0.4, -0.2) is 30.0 Å². The number of benzene rings is 1. The van der Waals surface area contributed by atoms with Gasteiger partial charge in [0.15, 0.2) is 0 Å². The van der Waals surface area contributed by atoms with E-state index in [1.165, 1.54) is 31.0 Å². The molecular weight excluding hydrogens is 281 g/mol. The molecule has 1 unspecified atom stereocenters. The van der Waals surface area contributed by atoms with Crippen LogP contribution in [0.1, 0.15) is 18.9 Å². The van der Waals surface area contributed by atoms with E-state index in [9.17, 15) is 14.0 Å². The second-order valence-electron chi connectivity index (χ2n) is 4.31. The lowest BCUT2D eigenvalue weighted by Crippen LogP contribution is -2.25. The van der Waals surface area contributed by atoms with Gasteiger partial charge < -0.3 is 10.1 Å². The van der Waals surface area contributed by atoms with Crippen LogP contribution in [-0.2, 0) is 20.9 Å². The van der Waals surface area contributed by atoms with Crippen LogP contribution in [0.4, 0.5) is 4.39 Å². The number of methoxy groups -OCH3 is 1. The number of halogens is 1. The number of rotatable bonds is 7. The molecule has 0 saturated carbocycles. The molecule has 0 bridgehead atoms. The molecule has 0 spiro atoms. The number of thioether (sulfide) groups is 1. The molecule has 20 heavy (non-hydrogen) atoms. The molecule has 0 fully saturated rings. The Kier molecular flexibility index (Phi) is 7.08. The molecule has 0 heterocycles. The highest BCUT2D eigenvalue weighted by Crippen LogP contribution is 2.14. The van der Waals surface area contributed by atoms with Gasteiger partial charge in [-0.15, -0.1) is 11.8 Å². The highest BCUT2D eigenvalue weighted by atomic mass is 32.2. The quantitative estimate of drug-likeness (QED) is 0.784. The standard InChI is InChI=1S/C14H18FNO3S/c1-10(7-14(18)19-2)20-9-13(17)16-8-11-3-5-12(15)6-4-11/h3-6,10H,7-9H2,1-2H3,(H,16,17). The van der Waals surface area contributed by atoms with Crippen molar-refractivity contribution in [2.75, 3.05) is 12.9 Å². The Balaban J connectivity index is 2.23. The van der Waals surface area contributed by atoms with Crippen molar-refractivity contribution >= 4 is 23.6 Å². The molecule has 1 rings (SSSR count). The molecule has 1 aromatic carbocycles. The number of nitrogens with one attached hydrogen (secondary N) is 1. The minimum Gasteiger partial charge on any atom is -0.469 e. The fraction of sp³-hybridized carbons (Fsp3) is 0.429. The summed E-state index contributed by atoms with van der Waals surface area (Å²) in [7, 11) is 1.34. The van der Waals surface area contributed by atoms with Crippen LogP contribution in [0.3, 0.4) is 0 Å². The molecule has 1 aromatic rings. The second kappa shape index (κ2) is 8.58. The first kappa shape index (κ1) is 16.5. The maximum absolute atomic E-state index is 12.7. The van der Waals surface area contributed by atoms with Gasteiger partial charge in [0.25, 0.3) is 0 Å². The molecule has 0 aliphatic carbocycles. The summed E-state index contributed by atoms with van der Waals surface area (Å²) in [6.07, 6.45) is 0.284. The van der Waals surface area contributed by atoms with Crippen molar-refractivity contribution in [3.63, 3.8) is 0 Å². The number of amides is 1. The Morgan fingerprint density at radius 2 is 2.00 bits per heavy atom. The molecule has 1 amide bonds. The Morgan fingerprint density at radius 3 is 2.60 bits per heavy atom. The van der Waals surface area contributed by atoms with E-state index in [-0.39, 0.29) is 35.1 Å². The number of carbonyl (C=O) groups is 2. The van der Waals surface area contributed by atoms with Gasteiger partial charge >= 0.3 is 5.97 Å². The predicted molar refractivity (Wildman–Crippen MR) is 76.8 cm³/mol. The Labute approximate surface area is 122 Å². The van der Waals surface area contributed by atoms with E-state index >= 15 is 0 Å². The van der Waals surface area contributed by atoms with Gasteiger partial charge in [0.05, 0.1) is 19.3 Å². The summed E-state index contributed by atoms with van der Waals surface area (Å²) in [5.41, 5.74) is 0.840. The Morgan fingerprint density at radius 1 is 1.35 bits per heavy atom. The number of esters is 1. The van der Waals surface area contributed by atoms with E-state index in [0.29, 0.717) is 6.54 Å². The molecule has 0 aliphatic rings. The van der Waals surface area contributed by atoms with Crippen LogP contribution >= 0.6 is 11.8 Å². The van der Waals surface area contributed by atoms with Crippen LogP contribution in [0.15, 0.2) is 24.3 Å². The van der Waals surface area contributed by atoms with E-state index in [2.05, 4.69) is 10.1 Å². The van der Waals surface area contributed by atoms with Gasteiger partial charge in [0.2, 0.25) is 5.91 Å². The highest BCUT2D eigenvalue weighted by Gasteiger charge is 2.11. The number of hydrogen-bond donors (Lipinski definition) is 1. The topological polar surface area (TPSA) is 55.4 Å². The largest absolute Gasteiger partial charge is 0.469 e. The average molecular weight is 299 g/mol. The lowest BCUT2D eigenvalue weighted by atomic mass is 10.2. The summed E-state index contributed by atoms with van der Waals surface area (Å²) in [6, 6.07) is 5.97. The van der Waals surface area contributed by atoms with Crippen molar-refractivity contribution in [2.24, 2.45) is 0 Å². The van der Waals surface area contributed by atoms with Crippen molar-refractivity contribution in [1.29, 1.82) is 0 Å². The van der Waals surface area contributed by atoms with Gasteiger partial charge in [0.1, 0.15) is 5.82 Å². The summed E-state index contributed by atoms with van der Waals surface area (Å²) >= 11 is 1.39. The first-order valence-corrected chi connectivity index (χ1v) is 7.25. The molecule has 1 atom stereocenters. The minimum atomic E-state index is -0.299. The van der Waals surface area contributed by atoms with Crippen LogP contribution < -0.4 is 5.32 Å². The van der Waals surface area contributed by atoms with E-state index < -0.39 is 0 Å². The summed E-state index contributed by atoms with van der Waals surface area (Å²) in [6.45, 7) is 2.24. The number of carbonyl (C=O) groups excluding carboxylic acids is 2. The highest BCUT2D eigenvalue weighted by molar-refractivity contribution is 8.00. The van der Waals surface area contributed by atoms with Gasteiger partial charge in [-0.05, 0) is 17.7 Å². The summed E-state index contributed by atoms with van der Waals surface area (Å²) in [5, 5.41) is 2.77. The smallest absolute Gasteiger partial charge is 0.306 e. The van der Waals surface area contributed by atoms with Crippen molar-refractivity contribution in [3.05, 3.63) is 35.6 Å². The molecule has 0 saturated heterocycles. The predicted octanol–water partition coefficient (Wildman–Crippen LogP) is 2.13. The average Bonchev–Trinajstić information content (AvgIpc) is 2.44. The van der Waals surface area contributed by atoms with Gasteiger partial charge in [0, 0.05) is 11.8 Å². The molecular formula is C14H18FNO3S. The molecule has 6 heteroatoms.